The molecule has 0 saturated carbocycles. The van der Waals surface area contributed by atoms with Gasteiger partial charge in [0.1, 0.15) is 0 Å². The summed E-state index contributed by atoms with van der Waals surface area (Å²) in [5.41, 5.74) is 2.62. The lowest BCUT2D eigenvalue weighted by Gasteiger charge is -2.17. The molecular weight excluding hydrogens is 263 g/mol. The van der Waals surface area contributed by atoms with E-state index in [2.05, 4.69) is 31.2 Å². The number of hydrogen-bond acceptors (Lipinski definition) is 0. The molecule has 0 heterocycles. The minimum atomic E-state index is 0.421. The van der Waals surface area contributed by atoms with Crippen LogP contribution in [0.2, 0.25) is 10.0 Å². The Kier molecular flexibility index (Phi) is 4.68. The second kappa shape index (κ2) is 6.26. The Bertz CT molecular complexity index is 440. The Balaban J connectivity index is 2.33. The largest absolute Gasteiger partial charge is 0.0843 e. The van der Waals surface area contributed by atoms with Crippen molar-refractivity contribution < 1.29 is 0 Å². The molecule has 2 aromatic rings. The van der Waals surface area contributed by atoms with Gasteiger partial charge in [-0.1, -0.05) is 60.8 Å². The van der Waals surface area contributed by atoms with Crippen LogP contribution in [0.3, 0.4) is 0 Å². The number of benzene rings is 2. The minimum Gasteiger partial charge on any atom is -0.0843 e. The maximum Gasteiger partial charge on any atom is 0.0406 e. The van der Waals surface area contributed by atoms with Gasteiger partial charge in [-0.3, -0.25) is 0 Å². The summed E-state index contributed by atoms with van der Waals surface area (Å²) in [7, 11) is 0. The van der Waals surface area contributed by atoms with Crippen molar-refractivity contribution in [2.24, 2.45) is 0 Å². The molecular formula is C16H16Cl2. The van der Waals surface area contributed by atoms with Gasteiger partial charge in [-0.05, 0) is 41.8 Å². The van der Waals surface area contributed by atoms with Gasteiger partial charge in [0.2, 0.25) is 0 Å². The molecule has 0 saturated heterocycles. The molecule has 2 heteroatoms. The molecule has 0 nitrogen and oxygen atoms in total. The molecule has 0 unspecified atom stereocenters. The van der Waals surface area contributed by atoms with Crippen molar-refractivity contribution in [2.75, 3.05) is 0 Å². The van der Waals surface area contributed by atoms with Gasteiger partial charge in [0.25, 0.3) is 0 Å². The van der Waals surface area contributed by atoms with Gasteiger partial charge >= 0.3 is 0 Å². The van der Waals surface area contributed by atoms with Crippen LogP contribution in [-0.4, -0.2) is 0 Å². The molecule has 0 bridgehead atoms. The molecule has 0 aromatic heterocycles. The highest BCUT2D eigenvalue weighted by molar-refractivity contribution is 6.30. The molecule has 0 spiro atoms. The third-order valence-corrected chi connectivity index (χ3v) is 3.63. The molecule has 94 valence electrons. The van der Waals surface area contributed by atoms with E-state index < -0.39 is 0 Å². The molecule has 0 aliphatic carbocycles. The van der Waals surface area contributed by atoms with Crippen molar-refractivity contribution >= 4 is 23.2 Å². The molecule has 2 aromatic carbocycles. The van der Waals surface area contributed by atoms with Crippen LogP contribution >= 0.6 is 23.2 Å². The van der Waals surface area contributed by atoms with Crippen molar-refractivity contribution in [3.8, 4) is 0 Å². The Morgan fingerprint density at radius 3 is 1.50 bits per heavy atom. The van der Waals surface area contributed by atoms with Crippen molar-refractivity contribution in [3.05, 3.63) is 69.7 Å². The van der Waals surface area contributed by atoms with E-state index in [1.807, 2.05) is 24.3 Å². The third kappa shape index (κ3) is 3.28. The van der Waals surface area contributed by atoms with Crippen LogP contribution in [-0.2, 0) is 0 Å². The highest BCUT2D eigenvalue weighted by Gasteiger charge is 2.12. The van der Waals surface area contributed by atoms with Gasteiger partial charge in [0.15, 0.2) is 0 Å². The summed E-state index contributed by atoms with van der Waals surface area (Å²) in [6.45, 7) is 2.21. The number of hydrogen-bond donors (Lipinski definition) is 0. The lowest BCUT2D eigenvalue weighted by atomic mass is 9.88. The first-order valence-corrected chi connectivity index (χ1v) is 6.97. The second-order valence-electron chi connectivity index (χ2n) is 4.44. The van der Waals surface area contributed by atoms with Gasteiger partial charge in [-0.2, -0.15) is 0 Å². The van der Waals surface area contributed by atoms with Crippen molar-refractivity contribution in [3.63, 3.8) is 0 Å². The quantitative estimate of drug-likeness (QED) is 0.651. The smallest absolute Gasteiger partial charge is 0.0406 e. The van der Waals surface area contributed by atoms with Crippen LogP contribution in [0.4, 0.5) is 0 Å². The van der Waals surface area contributed by atoms with Crippen LogP contribution in [0.1, 0.15) is 36.8 Å². The third-order valence-electron chi connectivity index (χ3n) is 3.12. The zero-order valence-electron chi connectivity index (χ0n) is 10.4. The molecule has 0 fully saturated rings. The molecule has 18 heavy (non-hydrogen) atoms. The summed E-state index contributed by atoms with van der Waals surface area (Å²) in [5, 5.41) is 1.57. The lowest BCUT2D eigenvalue weighted by Crippen LogP contribution is -2.00. The van der Waals surface area contributed by atoms with Crippen molar-refractivity contribution in [1.29, 1.82) is 0 Å². The topological polar surface area (TPSA) is 0 Å². The van der Waals surface area contributed by atoms with Gasteiger partial charge in [0.05, 0.1) is 0 Å². The highest BCUT2D eigenvalue weighted by Crippen LogP contribution is 2.30. The summed E-state index contributed by atoms with van der Waals surface area (Å²) in [5.74, 6) is 0.421. The molecule has 0 aliphatic rings. The van der Waals surface area contributed by atoms with Crippen LogP contribution in [0.15, 0.2) is 48.5 Å². The predicted molar refractivity (Wildman–Crippen MR) is 79.7 cm³/mol. The fourth-order valence-corrected chi connectivity index (χ4v) is 2.46. The summed E-state index contributed by atoms with van der Waals surface area (Å²) in [6.07, 6.45) is 2.28. The summed E-state index contributed by atoms with van der Waals surface area (Å²) in [4.78, 5) is 0. The maximum atomic E-state index is 5.94. The number of halogens is 2. The van der Waals surface area contributed by atoms with Gasteiger partial charge in [-0.15, -0.1) is 0 Å². The van der Waals surface area contributed by atoms with Crippen LogP contribution in [0, 0.1) is 0 Å². The Morgan fingerprint density at radius 1 is 0.778 bits per heavy atom. The molecule has 0 atom stereocenters. The fourth-order valence-electron chi connectivity index (χ4n) is 2.20. The minimum absolute atomic E-state index is 0.421. The van der Waals surface area contributed by atoms with E-state index in [1.54, 1.807) is 0 Å². The van der Waals surface area contributed by atoms with E-state index >= 15 is 0 Å². The SMILES string of the molecule is CCCC(c1ccc(Cl)cc1)c1ccc(Cl)cc1. The van der Waals surface area contributed by atoms with Crippen molar-refractivity contribution in [1.82, 2.24) is 0 Å². The van der Waals surface area contributed by atoms with E-state index in [-0.39, 0.29) is 0 Å². The Labute approximate surface area is 119 Å². The van der Waals surface area contributed by atoms with E-state index in [4.69, 9.17) is 23.2 Å². The zero-order chi connectivity index (χ0) is 13.0. The van der Waals surface area contributed by atoms with Gasteiger partial charge in [-0.25, -0.2) is 0 Å². The first-order valence-electron chi connectivity index (χ1n) is 6.21. The molecule has 0 N–H and O–H groups in total. The summed E-state index contributed by atoms with van der Waals surface area (Å²) >= 11 is 11.9. The Hall–Kier alpha value is -0.980. The number of rotatable bonds is 4. The van der Waals surface area contributed by atoms with E-state index in [0.29, 0.717) is 5.92 Å². The highest BCUT2D eigenvalue weighted by atomic mass is 35.5. The molecule has 0 aliphatic heterocycles. The summed E-state index contributed by atoms with van der Waals surface area (Å²) in [6, 6.07) is 16.2. The van der Waals surface area contributed by atoms with Crippen molar-refractivity contribution in [2.45, 2.75) is 25.7 Å². The van der Waals surface area contributed by atoms with Gasteiger partial charge in [0, 0.05) is 16.0 Å². The fraction of sp³-hybridized carbons (Fsp3) is 0.250. The maximum absolute atomic E-state index is 5.94. The Morgan fingerprint density at radius 2 is 1.17 bits per heavy atom. The van der Waals surface area contributed by atoms with Gasteiger partial charge < -0.3 is 0 Å². The van der Waals surface area contributed by atoms with E-state index in [1.165, 1.54) is 11.1 Å². The average molecular weight is 279 g/mol. The lowest BCUT2D eigenvalue weighted by molar-refractivity contribution is 0.698. The van der Waals surface area contributed by atoms with Crippen LogP contribution in [0.5, 0.6) is 0 Å². The van der Waals surface area contributed by atoms with E-state index in [9.17, 15) is 0 Å². The standard InChI is InChI=1S/C16H16Cl2/c1-2-3-16(12-4-8-14(17)9-5-12)13-6-10-15(18)11-7-13/h4-11,16H,2-3H2,1H3. The molecule has 2 rings (SSSR count). The van der Waals surface area contributed by atoms with Crippen LogP contribution in [0.25, 0.3) is 0 Å². The average Bonchev–Trinajstić information content (AvgIpc) is 2.39. The summed E-state index contributed by atoms with van der Waals surface area (Å²) < 4.78 is 0. The first-order chi connectivity index (χ1) is 8.70. The second-order valence-corrected chi connectivity index (χ2v) is 5.32. The predicted octanol–water partition coefficient (Wildman–Crippen LogP) is 5.93. The zero-order valence-corrected chi connectivity index (χ0v) is 11.9. The molecule has 0 amide bonds. The first kappa shape index (κ1) is 13.5. The van der Waals surface area contributed by atoms with Crippen LogP contribution < -0.4 is 0 Å². The van der Waals surface area contributed by atoms with E-state index in [0.717, 1.165) is 22.9 Å². The molecule has 0 radical (unpaired) electrons. The monoisotopic (exact) mass is 278 g/mol. The normalized spacial score (nSPS) is 10.9.